The van der Waals surface area contributed by atoms with Crippen LogP contribution in [0.25, 0.3) is 11.0 Å². The molecule has 6 nitrogen and oxygen atoms in total. The minimum absolute atomic E-state index is 0.0403. The first-order chi connectivity index (χ1) is 16.5. The number of benzene rings is 3. The summed E-state index contributed by atoms with van der Waals surface area (Å²) in [5, 5.41) is 2.94. The van der Waals surface area contributed by atoms with Gasteiger partial charge in [0.2, 0.25) is 0 Å². The van der Waals surface area contributed by atoms with Gasteiger partial charge in [0.15, 0.2) is 6.61 Å². The van der Waals surface area contributed by atoms with Gasteiger partial charge in [-0.2, -0.15) is 0 Å². The van der Waals surface area contributed by atoms with Crippen LogP contribution in [0.1, 0.15) is 29.4 Å². The smallest absolute Gasteiger partial charge is 0.258 e. The van der Waals surface area contributed by atoms with Crippen molar-refractivity contribution in [3.05, 3.63) is 89.2 Å². The Kier molecular flexibility index (Phi) is 7.48. The van der Waals surface area contributed by atoms with Crippen LogP contribution in [0.2, 0.25) is 0 Å². The van der Waals surface area contributed by atoms with E-state index in [1.54, 1.807) is 0 Å². The Morgan fingerprint density at radius 2 is 1.79 bits per heavy atom. The van der Waals surface area contributed by atoms with Gasteiger partial charge in [0.25, 0.3) is 5.91 Å². The van der Waals surface area contributed by atoms with Crippen molar-refractivity contribution in [2.45, 2.75) is 40.3 Å². The van der Waals surface area contributed by atoms with E-state index in [2.05, 4.69) is 28.9 Å². The van der Waals surface area contributed by atoms with Gasteiger partial charge in [0.05, 0.1) is 24.1 Å². The Labute approximate surface area is 200 Å². The lowest BCUT2D eigenvalue weighted by Gasteiger charge is -2.13. The average molecular weight is 458 g/mol. The van der Waals surface area contributed by atoms with Crippen molar-refractivity contribution >= 4 is 16.9 Å². The molecule has 0 aliphatic heterocycles. The summed E-state index contributed by atoms with van der Waals surface area (Å²) < 4.78 is 13.8. The summed E-state index contributed by atoms with van der Waals surface area (Å²) in [6.07, 6.45) is 1.01. The van der Waals surface area contributed by atoms with Gasteiger partial charge in [0, 0.05) is 0 Å². The molecule has 4 rings (SSSR count). The fourth-order valence-corrected chi connectivity index (χ4v) is 3.82. The van der Waals surface area contributed by atoms with Gasteiger partial charge in [-0.1, -0.05) is 43.3 Å². The summed E-state index contributed by atoms with van der Waals surface area (Å²) in [5.41, 5.74) is 5.30. The third-order valence-corrected chi connectivity index (χ3v) is 5.79. The number of ether oxygens (including phenoxy) is 2. The van der Waals surface area contributed by atoms with Crippen LogP contribution in [-0.2, 0) is 24.3 Å². The molecule has 6 heteroatoms. The Hall–Kier alpha value is -3.80. The van der Waals surface area contributed by atoms with E-state index in [0.29, 0.717) is 19.7 Å². The zero-order valence-corrected chi connectivity index (χ0v) is 20.0. The molecule has 0 saturated heterocycles. The Balaban J connectivity index is 1.38. The van der Waals surface area contributed by atoms with Crippen LogP contribution >= 0.6 is 0 Å². The van der Waals surface area contributed by atoms with Crippen LogP contribution in [0.4, 0.5) is 0 Å². The van der Waals surface area contributed by atoms with Gasteiger partial charge in [-0.3, -0.25) is 4.79 Å². The molecule has 0 bridgehead atoms. The normalized spacial score (nSPS) is 10.9. The van der Waals surface area contributed by atoms with Gasteiger partial charge in [0.1, 0.15) is 23.9 Å². The minimum Gasteiger partial charge on any atom is -0.492 e. The largest absolute Gasteiger partial charge is 0.492 e. The summed E-state index contributed by atoms with van der Waals surface area (Å²) >= 11 is 0. The summed E-state index contributed by atoms with van der Waals surface area (Å²) in [4.78, 5) is 17.2. The molecule has 34 heavy (non-hydrogen) atoms. The van der Waals surface area contributed by atoms with Crippen LogP contribution in [0.15, 0.2) is 66.7 Å². The molecule has 1 N–H and O–H groups in total. The number of amides is 1. The number of carbonyl (C=O) groups is 1. The monoisotopic (exact) mass is 457 g/mol. The van der Waals surface area contributed by atoms with E-state index in [9.17, 15) is 4.79 Å². The number of nitrogens with one attached hydrogen (secondary N) is 1. The molecule has 1 aromatic heterocycles. The first kappa shape index (κ1) is 23.4. The standard InChI is InChI=1S/C28H31N3O3/c1-4-22-11-13-23(14-12-22)33-16-15-31-25-8-6-5-7-24(25)30-27(31)18-29-28(32)19-34-26-17-20(2)9-10-21(26)3/h5-14,17H,4,15-16,18-19H2,1-3H3,(H,29,32). The predicted molar refractivity (Wildman–Crippen MR) is 134 cm³/mol. The first-order valence-electron chi connectivity index (χ1n) is 11.7. The lowest BCUT2D eigenvalue weighted by Crippen LogP contribution is -2.30. The van der Waals surface area contributed by atoms with Crippen molar-refractivity contribution in [2.75, 3.05) is 13.2 Å². The van der Waals surface area contributed by atoms with Crippen molar-refractivity contribution in [3.8, 4) is 11.5 Å². The second-order valence-corrected chi connectivity index (χ2v) is 8.35. The summed E-state index contributed by atoms with van der Waals surface area (Å²) in [5.74, 6) is 2.17. The molecule has 1 amide bonds. The van der Waals surface area contributed by atoms with Gasteiger partial charge < -0.3 is 19.4 Å². The average Bonchev–Trinajstić information content (AvgIpc) is 3.21. The molecule has 1 heterocycles. The summed E-state index contributed by atoms with van der Waals surface area (Å²) in [6, 6.07) is 22.1. The highest BCUT2D eigenvalue weighted by Gasteiger charge is 2.12. The van der Waals surface area contributed by atoms with Gasteiger partial charge >= 0.3 is 0 Å². The van der Waals surface area contributed by atoms with Crippen LogP contribution in [-0.4, -0.2) is 28.7 Å². The molecule has 4 aromatic rings. The van der Waals surface area contributed by atoms with Crippen LogP contribution in [0.5, 0.6) is 11.5 Å². The van der Waals surface area contributed by atoms with Gasteiger partial charge in [-0.15, -0.1) is 0 Å². The summed E-state index contributed by atoms with van der Waals surface area (Å²) in [7, 11) is 0. The van der Waals surface area contributed by atoms with E-state index < -0.39 is 0 Å². The van der Waals surface area contributed by atoms with Crippen molar-refractivity contribution in [1.29, 1.82) is 0 Å². The number of fused-ring (bicyclic) bond motifs is 1. The van der Waals surface area contributed by atoms with Crippen LogP contribution in [0, 0.1) is 13.8 Å². The van der Waals surface area contributed by atoms with E-state index in [0.717, 1.165) is 45.9 Å². The number of para-hydroxylation sites is 2. The SMILES string of the molecule is CCc1ccc(OCCn2c(CNC(=O)COc3cc(C)ccc3C)nc3ccccc32)cc1. The Morgan fingerprint density at radius 1 is 1.00 bits per heavy atom. The van der Waals surface area contributed by atoms with E-state index >= 15 is 0 Å². The number of imidazole rings is 1. The molecular weight excluding hydrogens is 426 g/mol. The zero-order chi connectivity index (χ0) is 23.9. The number of hydrogen-bond donors (Lipinski definition) is 1. The molecular formula is C28H31N3O3. The fourth-order valence-electron chi connectivity index (χ4n) is 3.82. The molecule has 0 radical (unpaired) electrons. The molecule has 0 saturated carbocycles. The van der Waals surface area contributed by atoms with E-state index in [1.165, 1.54) is 5.56 Å². The number of rotatable bonds is 10. The molecule has 176 valence electrons. The molecule has 0 spiro atoms. The Morgan fingerprint density at radius 3 is 2.59 bits per heavy atom. The maximum Gasteiger partial charge on any atom is 0.258 e. The molecule has 0 aliphatic carbocycles. The van der Waals surface area contributed by atoms with Crippen molar-refractivity contribution in [3.63, 3.8) is 0 Å². The van der Waals surface area contributed by atoms with Gasteiger partial charge in [-0.05, 0) is 67.3 Å². The number of hydrogen-bond acceptors (Lipinski definition) is 4. The third-order valence-electron chi connectivity index (χ3n) is 5.79. The maximum atomic E-state index is 12.5. The molecule has 0 unspecified atom stereocenters. The van der Waals surface area contributed by atoms with Crippen molar-refractivity contribution < 1.29 is 14.3 Å². The minimum atomic E-state index is -0.188. The second kappa shape index (κ2) is 10.9. The van der Waals surface area contributed by atoms with Crippen LogP contribution < -0.4 is 14.8 Å². The number of aryl methyl sites for hydroxylation is 3. The highest BCUT2D eigenvalue weighted by Crippen LogP contribution is 2.19. The molecule has 0 aliphatic rings. The highest BCUT2D eigenvalue weighted by molar-refractivity contribution is 5.78. The molecule has 3 aromatic carbocycles. The lowest BCUT2D eigenvalue weighted by atomic mass is 10.1. The predicted octanol–water partition coefficient (Wildman–Crippen LogP) is 4.99. The van der Waals surface area contributed by atoms with Crippen molar-refractivity contribution in [1.82, 2.24) is 14.9 Å². The Bertz CT molecular complexity index is 1260. The van der Waals surface area contributed by atoms with E-state index in [4.69, 9.17) is 14.5 Å². The summed E-state index contributed by atoms with van der Waals surface area (Å²) in [6.45, 7) is 7.51. The molecule has 0 fully saturated rings. The van der Waals surface area contributed by atoms with Gasteiger partial charge in [-0.25, -0.2) is 4.98 Å². The number of aromatic nitrogens is 2. The second-order valence-electron chi connectivity index (χ2n) is 8.35. The topological polar surface area (TPSA) is 65.4 Å². The van der Waals surface area contributed by atoms with E-state index in [-0.39, 0.29) is 12.5 Å². The van der Waals surface area contributed by atoms with Crippen LogP contribution in [0.3, 0.4) is 0 Å². The third kappa shape index (κ3) is 5.76. The molecule has 0 atom stereocenters. The van der Waals surface area contributed by atoms with E-state index in [1.807, 2.05) is 68.4 Å². The zero-order valence-electron chi connectivity index (χ0n) is 20.0. The quantitative estimate of drug-likeness (QED) is 0.364. The lowest BCUT2D eigenvalue weighted by molar-refractivity contribution is -0.123. The maximum absolute atomic E-state index is 12.5. The van der Waals surface area contributed by atoms with Crippen molar-refractivity contribution in [2.24, 2.45) is 0 Å². The first-order valence-corrected chi connectivity index (χ1v) is 11.7. The number of carbonyl (C=O) groups excluding carboxylic acids is 1. The number of nitrogens with zero attached hydrogens (tertiary/aromatic N) is 2. The highest BCUT2D eigenvalue weighted by atomic mass is 16.5. The fraction of sp³-hybridized carbons (Fsp3) is 0.286.